The lowest BCUT2D eigenvalue weighted by Gasteiger charge is -2.24. The summed E-state index contributed by atoms with van der Waals surface area (Å²) >= 11 is 0. The van der Waals surface area contributed by atoms with Crippen molar-refractivity contribution in [1.82, 2.24) is 24.6 Å². The highest BCUT2D eigenvalue weighted by molar-refractivity contribution is 5.87. The van der Waals surface area contributed by atoms with Gasteiger partial charge in [0.25, 0.3) is 0 Å². The number of nitriles is 1. The van der Waals surface area contributed by atoms with Crippen LogP contribution in [-0.4, -0.2) is 37.8 Å². The molecule has 3 heterocycles. The number of benzene rings is 1. The Bertz CT molecular complexity index is 1030. The highest BCUT2D eigenvalue weighted by Crippen LogP contribution is 2.32. The zero-order chi connectivity index (χ0) is 19.5. The van der Waals surface area contributed by atoms with Crippen LogP contribution in [0.4, 0.5) is 5.69 Å². The Morgan fingerprint density at radius 3 is 3.14 bits per heavy atom. The maximum Gasteiger partial charge on any atom is 0.240 e. The number of aryl methyl sites for hydroxylation is 3. The molecule has 0 fully saturated rings. The second-order valence-corrected chi connectivity index (χ2v) is 7.11. The van der Waals surface area contributed by atoms with Crippen LogP contribution in [0.25, 0.3) is 11.0 Å². The lowest BCUT2D eigenvalue weighted by Crippen LogP contribution is -2.28. The van der Waals surface area contributed by atoms with Crippen molar-refractivity contribution in [2.45, 2.75) is 45.3 Å². The lowest BCUT2D eigenvalue weighted by molar-refractivity contribution is -0.121. The Kier molecular flexibility index (Phi) is 4.98. The summed E-state index contributed by atoms with van der Waals surface area (Å²) in [5, 5.41) is 19.1. The highest BCUT2D eigenvalue weighted by atomic mass is 16.1. The number of nitrogens with one attached hydrogen (secondary N) is 2. The molecule has 8 nitrogen and oxygen atoms in total. The zero-order valence-electron chi connectivity index (χ0n) is 15.9. The summed E-state index contributed by atoms with van der Waals surface area (Å²) in [5.41, 5.74) is 4.26. The van der Waals surface area contributed by atoms with Crippen molar-refractivity contribution >= 4 is 22.6 Å². The van der Waals surface area contributed by atoms with E-state index >= 15 is 0 Å². The first-order chi connectivity index (χ1) is 13.7. The summed E-state index contributed by atoms with van der Waals surface area (Å²) in [5.74, 6) is 0.662. The Hall–Kier alpha value is -3.34. The minimum Gasteiger partial charge on any atom is -0.382 e. The third kappa shape index (κ3) is 3.56. The van der Waals surface area contributed by atoms with Crippen molar-refractivity contribution in [2.75, 3.05) is 11.9 Å². The maximum absolute atomic E-state index is 12.3. The Labute approximate surface area is 163 Å². The van der Waals surface area contributed by atoms with E-state index in [9.17, 15) is 4.79 Å². The van der Waals surface area contributed by atoms with E-state index in [-0.39, 0.29) is 19.0 Å². The molecule has 0 saturated carbocycles. The molecule has 0 bridgehead atoms. The number of carbonyl (C=O) groups is 1. The van der Waals surface area contributed by atoms with Gasteiger partial charge in [-0.25, -0.2) is 4.98 Å². The van der Waals surface area contributed by atoms with Gasteiger partial charge in [0.15, 0.2) is 0 Å². The van der Waals surface area contributed by atoms with Gasteiger partial charge >= 0.3 is 0 Å². The largest absolute Gasteiger partial charge is 0.382 e. The van der Waals surface area contributed by atoms with E-state index in [1.807, 2.05) is 33.6 Å². The summed E-state index contributed by atoms with van der Waals surface area (Å²) in [4.78, 5) is 17.2. The highest BCUT2D eigenvalue weighted by Gasteiger charge is 2.21. The summed E-state index contributed by atoms with van der Waals surface area (Å²) in [6, 6.07) is 8.39. The summed E-state index contributed by atoms with van der Waals surface area (Å²) in [7, 11) is 0. The number of nitrogens with zero attached hydrogens (tertiary/aromatic N) is 5. The number of carbonyl (C=O) groups excluding carboxylic acids is 1. The number of amides is 1. The van der Waals surface area contributed by atoms with E-state index in [1.54, 1.807) is 6.20 Å². The standard InChI is InChI=1S/C20H23N7O/c1-14-3-4-15-16(24-14)5-6-17-20(15)25-18(7-12-26-11-2-9-23-26)27(17)13-19(28)22-10-8-21/h2,5-6,9,11,14,24H,3-4,7,10,12-13H2,1H3,(H,22,28)/t14-/m0/s1. The van der Waals surface area contributed by atoms with Crippen LogP contribution in [0.15, 0.2) is 30.6 Å². The topological polar surface area (TPSA) is 101 Å². The molecular formula is C20H23N7O. The second-order valence-electron chi connectivity index (χ2n) is 7.11. The van der Waals surface area contributed by atoms with Crippen molar-refractivity contribution in [3.05, 3.63) is 42.0 Å². The number of hydrogen-bond donors (Lipinski definition) is 2. The molecule has 8 heteroatoms. The molecule has 1 aromatic carbocycles. The van der Waals surface area contributed by atoms with Crippen LogP contribution in [0, 0.1) is 11.3 Å². The summed E-state index contributed by atoms with van der Waals surface area (Å²) in [6.45, 7) is 3.02. The SMILES string of the molecule is C[C@H]1CCc2c(ccc3c2nc(CCn2cccn2)n3CC(=O)NCC#N)N1. The van der Waals surface area contributed by atoms with Crippen molar-refractivity contribution in [3.63, 3.8) is 0 Å². The number of fused-ring (bicyclic) bond motifs is 3. The van der Waals surface area contributed by atoms with Gasteiger partial charge < -0.3 is 15.2 Å². The lowest BCUT2D eigenvalue weighted by atomic mass is 9.98. The minimum atomic E-state index is -0.189. The van der Waals surface area contributed by atoms with Gasteiger partial charge in [0.2, 0.25) is 5.91 Å². The molecule has 144 valence electrons. The van der Waals surface area contributed by atoms with E-state index in [4.69, 9.17) is 10.2 Å². The fourth-order valence-corrected chi connectivity index (χ4v) is 3.73. The molecule has 0 saturated heterocycles. The summed E-state index contributed by atoms with van der Waals surface area (Å²) < 4.78 is 3.82. The fourth-order valence-electron chi connectivity index (χ4n) is 3.73. The maximum atomic E-state index is 12.3. The smallest absolute Gasteiger partial charge is 0.240 e. The number of imidazole rings is 1. The molecule has 0 radical (unpaired) electrons. The molecule has 4 rings (SSSR count). The van der Waals surface area contributed by atoms with E-state index in [0.29, 0.717) is 19.0 Å². The number of hydrogen-bond acceptors (Lipinski definition) is 5. The third-order valence-electron chi connectivity index (χ3n) is 5.12. The van der Waals surface area contributed by atoms with E-state index < -0.39 is 0 Å². The van der Waals surface area contributed by atoms with Gasteiger partial charge in [0.05, 0.1) is 17.1 Å². The first kappa shape index (κ1) is 18.0. The molecule has 1 aliphatic heterocycles. The number of rotatable bonds is 6. The van der Waals surface area contributed by atoms with Crippen LogP contribution in [0.1, 0.15) is 24.7 Å². The van der Waals surface area contributed by atoms with Crippen LogP contribution in [0.3, 0.4) is 0 Å². The van der Waals surface area contributed by atoms with Gasteiger partial charge in [-0.3, -0.25) is 9.48 Å². The monoisotopic (exact) mass is 377 g/mol. The molecule has 2 N–H and O–H groups in total. The van der Waals surface area contributed by atoms with Gasteiger partial charge in [-0.15, -0.1) is 0 Å². The molecule has 1 amide bonds. The van der Waals surface area contributed by atoms with Gasteiger partial charge in [-0.05, 0) is 38.0 Å². The molecule has 28 heavy (non-hydrogen) atoms. The molecule has 1 aliphatic rings. The second kappa shape index (κ2) is 7.72. The van der Waals surface area contributed by atoms with Crippen molar-refractivity contribution in [2.24, 2.45) is 0 Å². The van der Waals surface area contributed by atoms with Gasteiger partial charge in [0, 0.05) is 42.7 Å². The third-order valence-corrected chi connectivity index (χ3v) is 5.12. The van der Waals surface area contributed by atoms with E-state index in [0.717, 1.165) is 35.4 Å². The molecule has 0 aliphatic carbocycles. The average molecular weight is 377 g/mol. The minimum absolute atomic E-state index is 0.00525. The predicted octanol–water partition coefficient (Wildman–Crippen LogP) is 1.86. The van der Waals surface area contributed by atoms with Crippen LogP contribution in [-0.2, 0) is 30.7 Å². The Morgan fingerprint density at radius 2 is 2.36 bits per heavy atom. The fraction of sp³-hybridized carbons (Fsp3) is 0.400. The molecule has 1 atom stereocenters. The molecule has 3 aromatic rings. The molecule has 0 spiro atoms. The van der Waals surface area contributed by atoms with E-state index in [1.165, 1.54) is 5.56 Å². The molecular weight excluding hydrogens is 354 g/mol. The number of anilines is 1. The van der Waals surface area contributed by atoms with Crippen LogP contribution in [0.5, 0.6) is 0 Å². The van der Waals surface area contributed by atoms with Crippen molar-refractivity contribution in [3.8, 4) is 6.07 Å². The van der Waals surface area contributed by atoms with Gasteiger partial charge in [-0.2, -0.15) is 10.4 Å². The molecule has 2 aromatic heterocycles. The zero-order valence-corrected chi connectivity index (χ0v) is 15.9. The van der Waals surface area contributed by atoms with Gasteiger partial charge in [-0.1, -0.05) is 0 Å². The van der Waals surface area contributed by atoms with Crippen LogP contribution < -0.4 is 10.6 Å². The number of aromatic nitrogens is 4. The normalized spacial score (nSPS) is 15.6. The molecule has 0 unspecified atom stereocenters. The van der Waals surface area contributed by atoms with Crippen molar-refractivity contribution < 1.29 is 4.79 Å². The average Bonchev–Trinajstić information content (AvgIpc) is 3.32. The first-order valence-corrected chi connectivity index (χ1v) is 9.54. The summed E-state index contributed by atoms with van der Waals surface area (Å²) in [6.07, 6.45) is 6.36. The first-order valence-electron chi connectivity index (χ1n) is 9.54. The van der Waals surface area contributed by atoms with Crippen LogP contribution >= 0.6 is 0 Å². The Morgan fingerprint density at radius 1 is 1.46 bits per heavy atom. The Balaban J connectivity index is 1.70. The predicted molar refractivity (Wildman–Crippen MR) is 106 cm³/mol. The van der Waals surface area contributed by atoms with Gasteiger partial charge in [0.1, 0.15) is 18.9 Å². The van der Waals surface area contributed by atoms with Crippen molar-refractivity contribution in [1.29, 1.82) is 5.26 Å². The van der Waals surface area contributed by atoms with E-state index in [2.05, 4.69) is 28.7 Å². The quantitative estimate of drug-likeness (QED) is 0.639. The van der Waals surface area contributed by atoms with Crippen LogP contribution in [0.2, 0.25) is 0 Å².